The van der Waals surface area contributed by atoms with Crippen molar-refractivity contribution in [1.29, 1.82) is 0 Å². The van der Waals surface area contributed by atoms with Crippen molar-refractivity contribution in [2.75, 3.05) is 13.7 Å². The summed E-state index contributed by atoms with van der Waals surface area (Å²) < 4.78 is 10.2. The fourth-order valence-corrected chi connectivity index (χ4v) is 3.42. The van der Waals surface area contributed by atoms with Crippen molar-refractivity contribution in [3.8, 4) is 16.3 Å². The fraction of sp³-hybridized carbons (Fsp3) is 0.150. The molecule has 0 fully saturated rings. The van der Waals surface area contributed by atoms with Crippen LogP contribution in [0, 0.1) is 6.92 Å². The number of ether oxygens (including phenoxy) is 2. The highest BCUT2D eigenvalue weighted by atomic mass is 35.5. The minimum absolute atomic E-state index is 0.318. The van der Waals surface area contributed by atoms with Crippen molar-refractivity contribution >= 4 is 34.7 Å². The minimum Gasteiger partial charge on any atom is -0.495 e. The van der Waals surface area contributed by atoms with Gasteiger partial charge in [0.1, 0.15) is 5.75 Å². The van der Waals surface area contributed by atoms with Gasteiger partial charge in [-0.2, -0.15) is 0 Å². The molecule has 27 heavy (non-hydrogen) atoms. The number of thiophene rings is 1. The number of hydrogen-bond donors (Lipinski definition) is 0. The third-order valence-electron chi connectivity index (χ3n) is 3.89. The summed E-state index contributed by atoms with van der Waals surface area (Å²) in [6.07, 6.45) is 0. The van der Waals surface area contributed by atoms with Gasteiger partial charge in [0.25, 0.3) is 0 Å². The molecule has 0 amide bonds. The first-order chi connectivity index (χ1) is 13.0. The predicted molar refractivity (Wildman–Crippen MR) is 105 cm³/mol. The van der Waals surface area contributed by atoms with E-state index >= 15 is 0 Å². The second-order valence-electron chi connectivity index (χ2n) is 5.66. The van der Waals surface area contributed by atoms with Gasteiger partial charge >= 0.3 is 5.97 Å². The van der Waals surface area contributed by atoms with E-state index in [1.165, 1.54) is 13.2 Å². The molecule has 0 aliphatic rings. The summed E-state index contributed by atoms with van der Waals surface area (Å²) in [7, 11) is 1.49. The number of aryl methyl sites for hydroxylation is 1. The number of carbonyl (C=O) groups excluding carboxylic acids is 2. The molecule has 0 aliphatic heterocycles. The second-order valence-corrected chi connectivity index (χ2v) is 7.01. The van der Waals surface area contributed by atoms with Crippen LogP contribution in [-0.2, 0) is 4.74 Å². The molecule has 2 heterocycles. The summed E-state index contributed by atoms with van der Waals surface area (Å²) in [4.78, 5) is 30.0. The zero-order chi connectivity index (χ0) is 19.4. The van der Waals surface area contributed by atoms with E-state index in [1.807, 2.05) is 17.5 Å². The van der Waals surface area contributed by atoms with Gasteiger partial charge < -0.3 is 9.47 Å². The van der Waals surface area contributed by atoms with Crippen LogP contribution in [0.1, 0.15) is 26.4 Å². The summed E-state index contributed by atoms with van der Waals surface area (Å²) in [6, 6.07) is 12.0. The van der Waals surface area contributed by atoms with Gasteiger partial charge in [0, 0.05) is 5.56 Å². The molecule has 0 bridgehead atoms. The molecule has 0 unspecified atom stereocenters. The van der Waals surface area contributed by atoms with Crippen LogP contribution in [0.15, 0.2) is 47.8 Å². The Morgan fingerprint density at radius 2 is 2.00 bits per heavy atom. The second kappa shape index (κ2) is 8.33. The number of halogens is 1. The molecule has 0 atom stereocenters. The number of hydrogen-bond acceptors (Lipinski definition) is 6. The van der Waals surface area contributed by atoms with Crippen LogP contribution in [0.5, 0.6) is 5.75 Å². The van der Waals surface area contributed by atoms with E-state index in [2.05, 4.69) is 4.98 Å². The highest BCUT2D eigenvalue weighted by Gasteiger charge is 2.16. The molecule has 1 aromatic carbocycles. The summed E-state index contributed by atoms with van der Waals surface area (Å²) in [5, 5.41) is 2.28. The van der Waals surface area contributed by atoms with Gasteiger partial charge in [-0.3, -0.25) is 9.78 Å². The van der Waals surface area contributed by atoms with Gasteiger partial charge in [0.2, 0.25) is 0 Å². The van der Waals surface area contributed by atoms with E-state index in [4.69, 9.17) is 21.1 Å². The molecule has 0 saturated carbocycles. The molecule has 0 spiro atoms. The molecular formula is C20H16ClNO4S. The van der Waals surface area contributed by atoms with Gasteiger partial charge in [-0.1, -0.05) is 17.7 Å². The number of esters is 1. The number of nitrogens with zero attached hydrogens (tertiary/aromatic N) is 1. The Balaban J connectivity index is 1.67. The van der Waals surface area contributed by atoms with Gasteiger partial charge in [-0.25, -0.2) is 4.79 Å². The Labute approximate surface area is 165 Å². The Bertz CT molecular complexity index is 986. The first kappa shape index (κ1) is 19.1. The lowest BCUT2D eigenvalue weighted by molar-refractivity contribution is 0.0473. The largest absolute Gasteiger partial charge is 0.495 e. The van der Waals surface area contributed by atoms with Crippen LogP contribution in [0.4, 0.5) is 0 Å². The van der Waals surface area contributed by atoms with E-state index in [0.29, 0.717) is 27.6 Å². The number of Topliss-reactive ketones (excluding diaryl/α,β-unsaturated/α-hetero) is 1. The molecule has 0 saturated heterocycles. The van der Waals surface area contributed by atoms with E-state index in [-0.39, 0.29) is 12.4 Å². The third kappa shape index (κ3) is 4.35. The quantitative estimate of drug-likeness (QED) is 0.437. The van der Waals surface area contributed by atoms with Gasteiger partial charge in [-0.05, 0) is 48.7 Å². The first-order valence-electron chi connectivity index (χ1n) is 8.05. The molecule has 3 rings (SSSR count). The topological polar surface area (TPSA) is 65.5 Å². The lowest BCUT2D eigenvalue weighted by atomic mass is 10.1. The van der Waals surface area contributed by atoms with Crippen LogP contribution in [0.25, 0.3) is 10.6 Å². The predicted octanol–water partition coefficient (Wildman–Crippen LogP) is 4.82. The van der Waals surface area contributed by atoms with Crippen LogP contribution < -0.4 is 4.74 Å². The van der Waals surface area contributed by atoms with Gasteiger partial charge in [-0.15, -0.1) is 11.3 Å². The summed E-state index contributed by atoms with van der Waals surface area (Å²) in [5.74, 6) is -0.475. The normalized spacial score (nSPS) is 10.5. The van der Waals surface area contributed by atoms with Gasteiger partial charge in [0.15, 0.2) is 12.4 Å². The molecule has 5 nitrogen and oxygen atoms in total. The summed E-state index contributed by atoms with van der Waals surface area (Å²) in [6.45, 7) is 1.35. The van der Waals surface area contributed by atoms with Crippen LogP contribution in [0.3, 0.4) is 0 Å². The average molecular weight is 402 g/mol. The Morgan fingerprint density at radius 1 is 1.19 bits per heavy atom. The van der Waals surface area contributed by atoms with Crippen LogP contribution in [0.2, 0.25) is 5.02 Å². The molecular weight excluding hydrogens is 386 g/mol. The molecule has 0 radical (unpaired) electrons. The SMILES string of the molecule is COc1ccc(C(=O)COC(=O)c2ccc(-c3cccs3)nc2C)cc1Cl. The molecule has 0 aliphatic carbocycles. The lowest BCUT2D eigenvalue weighted by Gasteiger charge is -2.08. The Morgan fingerprint density at radius 3 is 2.63 bits per heavy atom. The van der Waals surface area contributed by atoms with E-state index in [0.717, 1.165) is 10.6 Å². The standard InChI is InChI=1S/C20H16ClNO4S/c1-12-14(6-7-16(22-12)19-4-3-9-27-19)20(24)26-11-17(23)13-5-8-18(25-2)15(21)10-13/h3-10H,11H2,1-2H3. The number of aromatic nitrogens is 1. The maximum atomic E-state index is 12.3. The Hall–Kier alpha value is -2.70. The molecule has 2 aromatic heterocycles. The number of methoxy groups -OCH3 is 1. The highest BCUT2D eigenvalue weighted by molar-refractivity contribution is 7.13. The maximum absolute atomic E-state index is 12.3. The maximum Gasteiger partial charge on any atom is 0.340 e. The number of carbonyl (C=O) groups is 2. The third-order valence-corrected chi connectivity index (χ3v) is 5.08. The van der Waals surface area contributed by atoms with Crippen LogP contribution in [-0.4, -0.2) is 30.5 Å². The number of rotatable bonds is 6. The smallest absolute Gasteiger partial charge is 0.340 e. The molecule has 138 valence electrons. The van der Waals surface area contributed by atoms with Crippen molar-refractivity contribution < 1.29 is 19.1 Å². The van der Waals surface area contributed by atoms with Gasteiger partial charge in [0.05, 0.1) is 34.0 Å². The number of pyridine rings is 1. The summed E-state index contributed by atoms with van der Waals surface area (Å²) >= 11 is 7.59. The van der Waals surface area contributed by atoms with E-state index < -0.39 is 5.97 Å². The number of ketones is 1. The first-order valence-corrected chi connectivity index (χ1v) is 9.30. The van der Waals surface area contributed by atoms with Crippen molar-refractivity contribution in [3.63, 3.8) is 0 Å². The monoisotopic (exact) mass is 401 g/mol. The molecule has 0 N–H and O–H groups in total. The summed E-state index contributed by atoms with van der Waals surface area (Å²) in [5.41, 5.74) is 2.02. The fourth-order valence-electron chi connectivity index (χ4n) is 2.47. The lowest BCUT2D eigenvalue weighted by Crippen LogP contribution is -2.15. The van der Waals surface area contributed by atoms with E-state index in [9.17, 15) is 9.59 Å². The van der Waals surface area contributed by atoms with Crippen molar-refractivity contribution in [1.82, 2.24) is 4.98 Å². The zero-order valence-electron chi connectivity index (χ0n) is 14.7. The van der Waals surface area contributed by atoms with Crippen LogP contribution >= 0.6 is 22.9 Å². The zero-order valence-corrected chi connectivity index (χ0v) is 16.3. The van der Waals surface area contributed by atoms with Crippen molar-refractivity contribution in [3.05, 3.63) is 69.7 Å². The highest BCUT2D eigenvalue weighted by Crippen LogP contribution is 2.26. The minimum atomic E-state index is -0.592. The van der Waals surface area contributed by atoms with Crippen molar-refractivity contribution in [2.45, 2.75) is 6.92 Å². The number of benzene rings is 1. The van der Waals surface area contributed by atoms with Crippen molar-refractivity contribution in [2.24, 2.45) is 0 Å². The Kier molecular flexibility index (Phi) is 5.88. The average Bonchev–Trinajstić information content (AvgIpc) is 3.20. The molecule has 3 aromatic rings. The van der Waals surface area contributed by atoms with E-state index in [1.54, 1.807) is 42.5 Å². The molecule has 7 heteroatoms.